The van der Waals surface area contributed by atoms with Crippen LogP contribution < -0.4 is 5.56 Å². The van der Waals surface area contributed by atoms with Gasteiger partial charge in [-0.2, -0.15) is 0 Å². The SMILES string of the molecule is CC(C)(C)c1nc2c(nnn2Cc2ccccc2Cl)c(=O)[nH]1. The van der Waals surface area contributed by atoms with Crippen molar-refractivity contribution >= 4 is 22.8 Å². The molecule has 0 unspecified atom stereocenters. The second-order valence-electron chi connectivity index (χ2n) is 6.18. The van der Waals surface area contributed by atoms with E-state index < -0.39 is 0 Å². The fourth-order valence-corrected chi connectivity index (χ4v) is 2.31. The highest BCUT2D eigenvalue weighted by atomic mass is 35.5. The van der Waals surface area contributed by atoms with Crippen molar-refractivity contribution in [3.05, 3.63) is 51.0 Å². The van der Waals surface area contributed by atoms with Crippen LogP contribution in [0.25, 0.3) is 11.2 Å². The zero-order chi connectivity index (χ0) is 15.9. The molecule has 3 aromatic rings. The van der Waals surface area contributed by atoms with Gasteiger partial charge in [-0.3, -0.25) is 4.79 Å². The molecule has 0 aliphatic heterocycles. The minimum Gasteiger partial charge on any atom is -0.308 e. The van der Waals surface area contributed by atoms with Crippen LogP contribution in [0.3, 0.4) is 0 Å². The van der Waals surface area contributed by atoms with Crippen molar-refractivity contribution in [2.24, 2.45) is 0 Å². The van der Waals surface area contributed by atoms with E-state index in [4.69, 9.17) is 11.6 Å². The van der Waals surface area contributed by atoms with E-state index in [1.807, 2.05) is 45.0 Å². The molecule has 0 saturated carbocycles. The van der Waals surface area contributed by atoms with Gasteiger partial charge in [0, 0.05) is 10.4 Å². The Morgan fingerprint density at radius 2 is 2.00 bits per heavy atom. The van der Waals surface area contributed by atoms with Crippen LogP contribution >= 0.6 is 11.6 Å². The molecule has 0 atom stereocenters. The number of nitrogens with one attached hydrogen (secondary N) is 1. The monoisotopic (exact) mass is 317 g/mol. The minimum atomic E-state index is -0.277. The van der Waals surface area contributed by atoms with Crippen LogP contribution in [0.15, 0.2) is 29.1 Å². The zero-order valence-electron chi connectivity index (χ0n) is 12.6. The summed E-state index contributed by atoms with van der Waals surface area (Å²) in [5.74, 6) is 0.604. The number of aromatic amines is 1. The second kappa shape index (κ2) is 5.21. The molecule has 7 heteroatoms. The Morgan fingerprint density at radius 1 is 1.27 bits per heavy atom. The summed E-state index contributed by atoms with van der Waals surface area (Å²) >= 11 is 6.18. The van der Waals surface area contributed by atoms with Gasteiger partial charge in [-0.05, 0) is 11.6 Å². The number of H-pyrrole nitrogens is 1. The molecule has 0 amide bonds. The lowest BCUT2D eigenvalue weighted by Gasteiger charge is -2.16. The van der Waals surface area contributed by atoms with E-state index in [0.29, 0.717) is 23.0 Å². The summed E-state index contributed by atoms with van der Waals surface area (Å²) in [6, 6.07) is 7.50. The number of aromatic nitrogens is 5. The summed E-state index contributed by atoms with van der Waals surface area (Å²) in [5, 5.41) is 8.62. The van der Waals surface area contributed by atoms with E-state index in [9.17, 15) is 4.79 Å². The van der Waals surface area contributed by atoms with Gasteiger partial charge in [0.25, 0.3) is 5.56 Å². The van der Waals surface area contributed by atoms with Gasteiger partial charge in [0.2, 0.25) is 0 Å². The summed E-state index contributed by atoms with van der Waals surface area (Å²) in [6.07, 6.45) is 0. The lowest BCUT2D eigenvalue weighted by atomic mass is 9.96. The number of nitrogens with zero attached hydrogens (tertiary/aromatic N) is 4. The van der Waals surface area contributed by atoms with Crippen LogP contribution in [-0.2, 0) is 12.0 Å². The van der Waals surface area contributed by atoms with Crippen molar-refractivity contribution in [1.29, 1.82) is 0 Å². The smallest absolute Gasteiger partial charge is 0.281 e. The van der Waals surface area contributed by atoms with Crippen molar-refractivity contribution in [2.45, 2.75) is 32.7 Å². The molecule has 1 aromatic carbocycles. The molecule has 1 N–H and O–H groups in total. The quantitative estimate of drug-likeness (QED) is 0.788. The summed E-state index contributed by atoms with van der Waals surface area (Å²) in [5.41, 5.74) is 1.05. The fraction of sp³-hybridized carbons (Fsp3) is 0.333. The lowest BCUT2D eigenvalue weighted by molar-refractivity contribution is 0.543. The number of benzene rings is 1. The second-order valence-corrected chi connectivity index (χ2v) is 6.58. The molecule has 22 heavy (non-hydrogen) atoms. The Labute approximate surface area is 132 Å². The van der Waals surface area contributed by atoms with Crippen molar-refractivity contribution in [3.63, 3.8) is 0 Å². The van der Waals surface area contributed by atoms with E-state index >= 15 is 0 Å². The third-order valence-corrected chi connectivity index (χ3v) is 3.73. The predicted octanol–water partition coefficient (Wildman–Crippen LogP) is 2.51. The van der Waals surface area contributed by atoms with E-state index in [1.165, 1.54) is 0 Å². The van der Waals surface area contributed by atoms with Crippen LogP contribution in [-0.4, -0.2) is 25.0 Å². The highest BCUT2D eigenvalue weighted by molar-refractivity contribution is 6.31. The van der Waals surface area contributed by atoms with Gasteiger partial charge in [0.1, 0.15) is 5.82 Å². The number of fused-ring (bicyclic) bond motifs is 1. The predicted molar refractivity (Wildman–Crippen MR) is 85.2 cm³/mol. The topological polar surface area (TPSA) is 76.5 Å². The maximum atomic E-state index is 12.1. The third-order valence-electron chi connectivity index (χ3n) is 3.36. The zero-order valence-corrected chi connectivity index (χ0v) is 13.3. The summed E-state index contributed by atoms with van der Waals surface area (Å²) < 4.78 is 1.60. The molecule has 0 bridgehead atoms. The van der Waals surface area contributed by atoms with Crippen molar-refractivity contribution in [2.75, 3.05) is 0 Å². The molecule has 0 saturated heterocycles. The van der Waals surface area contributed by atoms with Crippen LogP contribution in [0.4, 0.5) is 0 Å². The molecule has 2 aromatic heterocycles. The maximum absolute atomic E-state index is 12.1. The van der Waals surface area contributed by atoms with E-state index in [-0.39, 0.29) is 16.5 Å². The van der Waals surface area contributed by atoms with Crippen molar-refractivity contribution in [3.8, 4) is 0 Å². The van der Waals surface area contributed by atoms with Gasteiger partial charge in [0.05, 0.1) is 6.54 Å². The van der Waals surface area contributed by atoms with Crippen LogP contribution in [0, 0.1) is 0 Å². The van der Waals surface area contributed by atoms with Gasteiger partial charge in [-0.25, -0.2) is 9.67 Å². The van der Waals surface area contributed by atoms with Gasteiger partial charge in [-0.1, -0.05) is 55.8 Å². The average Bonchev–Trinajstić information content (AvgIpc) is 2.84. The summed E-state index contributed by atoms with van der Waals surface area (Å²) in [4.78, 5) is 19.4. The number of hydrogen-bond acceptors (Lipinski definition) is 4. The van der Waals surface area contributed by atoms with E-state index in [0.717, 1.165) is 5.56 Å². The van der Waals surface area contributed by atoms with Crippen LogP contribution in [0.1, 0.15) is 32.2 Å². The Balaban J connectivity index is 2.13. The minimum absolute atomic E-state index is 0.236. The van der Waals surface area contributed by atoms with Gasteiger partial charge >= 0.3 is 0 Å². The first-order chi connectivity index (χ1) is 10.4. The molecule has 0 aliphatic rings. The van der Waals surface area contributed by atoms with Gasteiger partial charge in [0.15, 0.2) is 11.2 Å². The maximum Gasteiger partial charge on any atom is 0.281 e. The van der Waals surface area contributed by atoms with Crippen molar-refractivity contribution in [1.82, 2.24) is 25.0 Å². The molecule has 2 heterocycles. The Morgan fingerprint density at radius 3 is 2.68 bits per heavy atom. The lowest BCUT2D eigenvalue weighted by Crippen LogP contribution is -2.22. The Kier molecular flexibility index (Phi) is 3.48. The molecule has 3 rings (SSSR count). The number of hydrogen-bond donors (Lipinski definition) is 1. The molecule has 0 fully saturated rings. The first-order valence-corrected chi connectivity index (χ1v) is 7.31. The third kappa shape index (κ3) is 2.62. The Hall–Kier alpha value is -2.21. The first-order valence-electron chi connectivity index (χ1n) is 6.93. The van der Waals surface area contributed by atoms with Crippen molar-refractivity contribution < 1.29 is 0 Å². The van der Waals surface area contributed by atoms with Crippen LogP contribution in [0.5, 0.6) is 0 Å². The highest BCUT2D eigenvalue weighted by Gasteiger charge is 2.20. The van der Waals surface area contributed by atoms with E-state index in [1.54, 1.807) is 4.68 Å². The van der Waals surface area contributed by atoms with Gasteiger partial charge in [-0.15, -0.1) is 5.10 Å². The highest BCUT2D eigenvalue weighted by Crippen LogP contribution is 2.20. The summed E-state index contributed by atoms with van der Waals surface area (Å²) in [6.45, 7) is 6.37. The van der Waals surface area contributed by atoms with Crippen LogP contribution in [0.2, 0.25) is 5.02 Å². The molecule has 6 nitrogen and oxygen atoms in total. The Bertz CT molecular complexity index is 891. The molecular formula is C15H16ClN5O. The fourth-order valence-electron chi connectivity index (χ4n) is 2.12. The molecule has 0 radical (unpaired) electrons. The molecule has 114 valence electrons. The average molecular weight is 318 g/mol. The normalized spacial score (nSPS) is 12.0. The number of rotatable bonds is 2. The van der Waals surface area contributed by atoms with Gasteiger partial charge < -0.3 is 4.98 Å². The summed E-state index contributed by atoms with van der Waals surface area (Å²) in [7, 11) is 0. The molecular weight excluding hydrogens is 302 g/mol. The van der Waals surface area contributed by atoms with E-state index in [2.05, 4.69) is 20.3 Å². The number of halogens is 1. The standard InChI is InChI=1S/C15H16ClN5O/c1-15(2,3)14-17-12-11(13(22)18-14)19-20-21(12)8-9-6-4-5-7-10(9)16/h4-7H,8H2,1-3H3,(H,17,18,22). The first kappa shape index (κ1) is 14.7. The molecule has 0 spiro atoms. The largest absolute Gasteiger partial charge is 0.308 e. The molecule has 0 aliphatic carbocycles.